The van der Waals surface area contributed by atoms with Crippen LogP contribution in [-0.4, -0.2) is 12.4 Å². The molecule has 0 saturated heterocycles. The molecule has 0 aromatic rings. The molecule has 0 aromatic carbocycles. The van der Waals surface area contributed by atoms with Gasteiger partial charge in [0.1, 0.15) is 0 Å². The lowest BCUT2D eigenvalue weighted by Gasteiger charge is -2.08. The van der Waals surface area contributed by atoms with Crippen LogP contribution in [0.15, 0.2) is 0 Å². The second kappa shape index (κ2) is 5.61. The Kier molecular flexibility index (Phi) is 6.16. The van der Waals surface area contributed by atoms with Crippen LogP contribution in [0.3, 0.4) is 0 Å². The molecule has 0 aliphatic rings. The quantitative estimate of drug-likeness (QED) is 0.579. The van der Waals surface area contributed by atoms with E-state index in [2.05, 4.69) is 13.2 Å². The number of nitrogens with one attached hydrogen (secondary N) is 1. The van der Waals surface area contributed by atoms with Gasteiger partial charge in [-0.2, -0.15) is 8.15 Å². The molecule has 1 N–H and O–H groups in total. The van der Waals surface area contributed by atoms with Crippen LogP contribution < -0.4 is 5.09 Å². The number of alkyl halides is 1. The second-order valence-electron chi connectivity index (χ2n) is 1.23. The molecule has 0 saturated carbocycles. The summed E-state index contributed by atoms with van der Waals surface area (Å²) in [6.07, 6.45) is 0. The summed E-state index contributed by atoms with van der Waals surface area (Å²) in [5.74, 6) is 0.254. The Labute approximate surface area is 73.7 Å². The van der Waals surface area contributed by atoms with Crippen LogP contribution in [0.4, 0.5) is 0 Å². The first-order valence-electron chi connectivity index (χ1n) is 2.20. The highest BCUT2D eigenvalue weighted by atomic mass is 35.5. The van der Waals surface area contributed by atoms with Gasteiger partial charge in [0, 0.05) is 12.4 Å². The van der Waals surface area contributed by atoms with E-state index in [1.165, 1.54) is 0 Å². The van der Waals surface area contributed by atoms with Crippen LogP contribution in [0.1, 0.15) is 0 Å². The highest BCUT2D eigenvalue weighted by molar-refractivity contribution is 7.53. The van der Waals surface area contributed by atoms with Gasteiger partial charge in [0.25, 0.3) is 0 Å². The Balaban J connectivity index is 3.70. The average molecular weight is 228 g/mol. The molecule has 0 unspecified atom stereocenters. The first kappa shape index (κ1) is 11.0. The van der Waals surface area contributed by atoms with Gasteiger partial charge in [-0.05, 0) is 0 Å². The number of halogens is 3. The summed E-state index contributed by atoms with van der Waals surface area (Å²) >= 11 is 14.8. The Hall–Kier alpha value is 0.980. The molecule has 0 bridgehead atoms. The maximum atomic E-state index is 10.8. The fourth-order valence-corrected chi connectivity index (χ4v) is 1.52. The van der Waals surface area contributed by atoms with Crippen molar-refractivity contribution in [3.05, 3.63) is 0 Å². The zero-order chi connectivity index (χ0) is 8.04. The molecule has 0 radical (unpaired) electrons. The molecule has 0 aromatic heterocycles. The average Bonchev–Trinajstić information content (AvgIpc) is 2.00. The summed E-state index contributed by atoms with van der Waals surface area (Å²) in [6.45, 7) is 0.234. The molecule has 0 fully saturated rings. The molecule has 0 amide bonds. The highest BCUT2D eigenvalue weighted by Crippen LogP contribution is 2.45. The van der Waals surface area contributed by atoms with E-state index in [-0.39, 0.29) is 12.4 Å². The number of rotatable bonds is 5. The van der Waals surface area contributed by atoms with E-state index in [1.807, 2.05) is 0 Å². The van der Waals surface area contributed by atoms with Gasteiger partial charge in [0.15, 0.2) is 0 Å². The Morgan fingerprint density at radius 3 is 2.20 bits per heavy atom. The largest absolute Gasteiger partial charge is 0.438 e. The molecule has 0 spiro atoms. The Morgan fingerprint density at radius 2 is 1.90 bits per heavy atom. The summed E-state index contributed by atoms with van der Waals surface area (Å²) in [4.78, 5) is 0. The van der Waals surface area contributed by atoms with Gasteiger partial charge in [0.05, 0.1) is 23.7 Å². The number of hydrogen-bond donors (Lipinski definition) is 1. The summed E-state index contributed by atoms with van der Waals surface area (Å²) in [6, 6.07) is 0. The van der Waals surface area contributed by atoms with Gasteiger partial charge in [0.2, 0.25) is 0 Å². The third kappa shape index (κ3) is 3.98. The standard InChI is InChI=1S/C2H5Cl3NO3P/c3-1-2-6-10(7,8-4)9-5/h1-2H2,(H,6,7). The van der Waals surface area contributed by atoms with E-state index in [0.717, 1.165) is 0 Å². The summed E-state index contributed by atoms with van der Waals surface area (Å²) < 4.78 is 18.6. The normalized spacial score (nSPS) is 11.9. The molecule has 0 aliphatic heterocycles. The molecule has 0 aliphatic carbocycles. The zero-order valence-electron chi connectivity index (χ0n) is 4.72. The predicted octanol–water partition coefficient (Wildman–Crippen LogP) is 2.26. The minimum atomic E-state index is -3.50. The molecule has 0 atom stereocenters. The van der Waals surface area contributed by atoms with Crippen molar-refractivity contribution >= 4 is 43.1 Å². The van der Waals surface area contributed by atoms with Crippen molar-refractivity contribution in [1.29, 1.82) is 0 Å². The fraction of sp³-hybridized carbons (Fsp3) is 1.00. The highest BCUT2D eigenvalue weighted by Gasteiger charge is 2.22. The fourth-order valence-electron chi connectivity index (χ4n) is 0.239. The smallest absolute Gasteiger partial charge is 0.238 e. The lowest BCUT2D eigenvalue weighted by molar-refractivity contribution is 0.401. The Bertz CT molecular complexity index is 125. The first-order valence-corrected chi connectivity index (χ1v) is 4.90. The van der Waals surface area contributed by atoms with Gasteiger partial charge in [-0.25, -0.2) is 9.65 Å². The summed E-state index contributed by atoms with van der Waals surface area (Å²) in [5, 5.41) is 2.26. The van der Waals surface area contributed by atoms with Gasteiger partial charge < -0.3 is 0 Å². The van der Waals surface area contributed by atoms with Crippen molar-refractivity contribution in [2.24, 2.45) is 0 Å². The van der Waals surface area contributed by atoms with Crippen molar-refractivity contribution in [2.45, 2.75) is 0 Å². The molecular formula is C2H5Cl3NO3P. The van der Waals surface area contributed by atoms with E-state index in [1.54, 1.807) is 0 Å². The van der Waals surface area contributed by atoms with Crippen LogP contribution in [0.25, 0.3) is 0 Å². The second-order valence-corrected chi connectivity index (χ2v) is 4.03. The van der Waals surface area contributed by atoms with Crippen molar-refractivity contribution in [2.75, 3.05) is 12.4 Å². The first-order chi connectivity index (χ1) is 4.68. The van der Waals surface area contributed by atoms with Gasteiger partial charge in [-0.1, -0.05) is 0 Å². The van der Waals surface area contributed by atoms with Crippen molar-refractivity contribution in [3.8, 4) is 0 Å². The van der Waals surface area contributed by atoms with E-state index >= 15 is 0 Å². The van der Waals surface area contributed by atoms with Crippen LogP contribution >= 0.6 is 43.1 Å². The third-order valence-electron chi connectivity index (χ3n) is 0.582. The van der Waals surface area contributed by atoms with E-state index in [4.69, 9.17) is 35.3 Å². The zero-order valence-corrected chi connectivity index (χ0v) is 7.88. The van der Waals surface area contributed by atoms with E-state index in [9.17, 15) is 4.57 Å². The molecule has 0 rings (SSSR count). The van der Waals surface area contributed by atoms with Crippen LogP contribution in [-0.2, 0) is 12.7 Å². The molecule has 4 nitrogen and oxygen atoms in total. The van der Waals surface area contributed by atoms with Crippen molar-refractivity contribution < 1.29 is 12.7 Å². The third-order valence-corrected chi connectivity index (χ3v) is 2.84. The van der Waals surface area contributed by atoms with Crippen molar-refractivity contribution in [3.63, 3.8) is 0 Å². The van der Waals surface area contributed by atoms with Crippen LogP contribution in [0.5, 0.6) is 0 Å². The minimum Gasteiger partial charge on any atom is -0.238 e. The maximum Gasteiger partial charge on any atom is 0.438 e. The van der Waals surface area contributed by atoms with Crippen LogP contribution in [0.2, 0.25) is 0 Å². The van der Waals surface area contributed by atoms with E-state index in [0.29, 0.717) is 0 Å². The molecular weight excluding hydrogens is 223 g/mol. The summed E-state index contributed by atoms with van der Waals surface area (Å²) in [7, 11) is -3.50. The van der Waals surface area contributed by atoms with Crippen molar-refractivity contribution in [1.82, 2.24) is 5.09 Å². The van der Waals surface area contributed by atoms with Gasteiger partial charge >= 0.3 is 7.75 Å². The lowest BCUT2D eigenvalue weighted by atomic mass is 10.8. The lowest BCUT2D eigenvalue weighted by Crippen LogP contribution is -2.13. The molecule has 8 heteroatoms. The summed E-state index contributed by atoms with van der Waals surface area (Å²) in [5.41, 5.74) is 0. The predicted molar refractivity (Wildman–Crippen MR) is 40.2 cm³/mol. The monoisotopic (exact) mass is 227 g/mol. The molecule has 10 heavy (non-hydrogen) atoms. The van der Waals surface area contributed by atoms with Gasteiger partial charge in [-0.3, -0.25) is 0 Å². The van der Waals surface area contributed by atoms with Gasteiger partial charge in [-0.15, -0.1) is 11.6 Å². The van der Waals surface area contributed by atoms with E-state index < -0.39 is 7.75 Å². The Morgan fingerprint density at radius 1 is 1.40 bits per heavy atom. The molecule has 62 valence electrons. The SMILES string of the molecule is O=P(NCCCl)(OCl)OCl. The minimum absolute atomic E-state index is 0.234. The topological polar surface area (TPSA) is 47.6 Å². The molecule has 0 heterocycles. The maximum absolute atomic E-state index is 10.8. The van der Waals surface area contributed by atoms with Crippen LogP contribution in [0, 0.1) is 0 Å². The number of hydrogen-bond acceptors (Lipinski definition) is 3.